The van der Waals surface area contributed by atoms with Crippen molar-refractivity contribution in [2.75, 3.05) is 33.7 Å². The maximum Gasteiger partial charge on any atom is 0.253 e. The number of sulfonamides is 1. The Labute approximate surface area is 149 Å². The predicted octanol–water partition coefficient (Wildman–Crippen LogP) is 0.925. The molecule has 1 saturated heterocycles. The van der Waals surface area contributed by atoms with Crippen molar-refractivity contribution in [2.45, 2.75) is 24.7 Å². The fourth-order valence-corrected chi connectivity index (χ4v) is 4.19. The van der Waals surface area contributed by atoms with Gasteiger partial charge in [0.15, 0.2) is 0 Å². The van der Waals surface area contributed by atoms with E-state index in [2.05, 4.69) is 5.32 Å². The topological polar surface area (TPSA) is 86.8 Å². The van der Waals surface area contributed by atoms with Crippen LogP contribution < -0.4 is 5.32 Å². The van der Waals surface area contributed by atoms with Gasteiger partial charge in [-0.05, 0) is 37.1 Å². The Morgan fingerprint density at radius 3 is 2.48 bits per heavy atom. The average molecular weight is 367 g/mol. The third-order valence-corrected chi connectivity index (χ3v) is 6.31. The second-order valence-electron chi connectivity index (χ2n) is 6.20. The van der Waals surface area contributed by atoms with Crippen LogP contribution in [0.15, 0.2) is 29.2 Å². The monoisotopic (exact) mass is 367 g/mol. The number of carbonyl (C=O) groups excluding carboxylic acids is 2. The average Bonchev–Trinajstić information content (AvgIpc) is 3.10. The lowest BCUT2D eigenvalue weighted by atomic mass is 10.1. The third-order valence-electron chi connectivity index (χ3n) is 4.44. The molecule has 2 amide bonds. The van der Waals surface area contributed by atoms with Gasteiger partial charge in [-0.25, -0.2) is 12.7 Å². The van der Waals surface area contributed by atoms with Crippen molar-refractivity contribution < 1.29 is 18.0 Å². The number of hydrogen-bond acceptors (Lipinski definition) is 4. The number of hydrogen-bond donors (Lipinski definition) is 1. The Bertz CT molecular complexity index is 731. The van der Waals surface area contributed by atoms with Gasteiger partial charge in [0.1, 0.15) is 0 Å². The summed E-state index contributed by atoms with van der Waals surface area (Å²) in [5, 5.41) is 2.60. The SMILES string of the molecule is CCCN(C)S(=O)(=O)c1ccc(C(=O)N2CCC(C(=O)NC)C2)cc1. The number of rotatable bonds is 6. The van der Waals surface area contributed by atoms with Crippen LogP contribution in [0.2, 0.25) is 0 Å². The summed E-state index contributed by atoms with van der Waals surface area (Å²) in [5.74, 6) is -0.427. The van der Waals surface area contributed by atoms with Crippen LogP contribution in [0.25, 0.3) is 0 Å². The van der Waals surface area contributed by atoms with Crippen molar-refractivity contribution >= 4 is 21.8 Å². The molecular weight excluding hydrogens is 342 g/mol. The molecule has 0 saturated carbocycles. The van der Waals surface area contributed by atoms with Crippen LogP contribution >= 0.6 is 0 Å². The fraction of sp³-hybridized carbons (Fsp3) is 0.529. The van der Waals surface area contributed by atoms with E-state index < -0.39 is 10.0 Å². The Hall–Kier alpha value is -1.93. The Kier molecular flexibility index (Phi) is 6.18. The number of likely N-dealkylation sites (tertiary alicyclic amines) is 1. The minimum atomic E-state index is -3.53. The zero-order chi connectivity index (χ0) is 18.6. The standard InChI is InChI=1S/C17H25N3O4S/c1-4-10-19(3)25(23,24)15-7-5-13(6-8-15)17(22)20-11-9-14(12-20)16(21)18-2/h5-8,14H,4,9-12H2,1-3H3,(H,18,21). The molecular formula is C17H25N3O4S. The van der Waals surface area contributed by atoms with Gasteiger partial charge in [0.2, 0.25) is 15.9 Å². The summed E-state index contributed by atoms with van der Waals surface area (Å²) in [7, 11) is -0.403. The summed E-state index contributed by atoms with van der Waals surface area (Å²) >= 11 is 0. The maximum atomic E-state index is 12.5. The molecule has 1 atom stereocenters. The quantitative estimate of drug-likeness (QED) is 0.810. The van der Waals surface area contributed by atoms with Gasteiger partial charge in [-0.2, -0.15) is 0 Å². The van der Waals surface area contributed by atoms with Crippen LogP contribution in [0.4, 0.5) is 0 Å². The van der Waals surface area contributed by atoms with Crippen LogP contribution in [0, 0.1) is 5.92 Å². The minimum Gasteiger partial charge on any atom is -0.359 e. The Morgan fingerprint density at radius 2 is 1.92 bits per heavy atom. The van der Waals surface area contributed by atoms with Crippen LogP contribution in [0.3, 0.4) is 0 Å². The number of amides is 2. The van der Waals surface area contributed by atoms with E-state index in [-0.39, 0.29) is 22.6 Å². The number of nitrogens with one attached hydrogen (secondary N) is 1. The van der Waals surface area contributed by atoms with Crippen molar-refractivity contribution in [3.63, 3.8) is 0 Å². The largest absolute Gasteiger partial charge is 0.359 e. The summed E-state index contributed by atoms with van der Waals surface area (Å²) in [4.78, 5) is 26.0. The van der Waals surface area contributed by atoms with E-state index in [1.54, 1.807) is 19.0 Å². The summed E-state index contributed by atoms with van der Waals surface area (Å²) in [5.41, 5.74) is 0.426. The van der Waals surface area contributed by atoms with Gasteiger partial charge < -0.3 is 10.2 Å². The van der Waals surface area contributed by atoms with E-state index in [4.69, 9.17) is 0 Å². The molecule has 0 aromatic heterocycles. The molecule has 1 fully saturated rings. The van der Waals surface area contributed by atoms with Gasteiger partial charge in [0.25, 0.3) is 5.91 Å². The minimum absolute atomic E-state index is 0.0595. The highest BCUT2D eigenvalue weighted by molar-refractivity contribution is 7.89. The summed E-state index contributed by atoms with van der Waals surface area (Å²) < 4.78 is 26.1. The zero-order valence-corrected chi connectivity index (χ0v) is 15.7. The summed E-state index contributed by atoms with van der Waals surface area (Å²) in [6.45, 7) is 3.27. The van der Waals surface area contributed by atoms with Gasteiger partial charge in [0.05, 0.1) is 10.8 Å². The third kappa shape index (κ3) is 4.19. The van der Waals surface area contributed by atoms with E-state index in [0.29, 0.717) is 31.6 Å². The Balaban J connectivity index is 2.10. The van der Waals surface area contributed by atoms with Crippen molar-refractivity contribution in [1.82, 2.24) is 14.5 Å². The van der Waals surface area contributed by atoms with E-state index in [1.807, 2.05) is 6.92 Å². The second-order valence-corrected chi connectivity index (χ2v) is 8.25. The molecule has 1 unspecified atom stereocenters. The molecule has 1 aromatic rings. The zero-order valence-electron chi connectivity index (χ0n) is 14.9. The molecule has 1 N–H and O–H groups in total. The number of carbonyl (C=O) groups is 2. The van der Waals surface area contributed by atoms with Gasteiger partial charge in [0, 0.05) is 39.3 Å². The molecule has 1 aliphatic heterocycles. The second kappa shape index (κ2) is 7.97. The van der Waals surface area contributed by atoms with E-state index in [1.165, 1.54) is 28.6 Å². The molecule has 1 aromatic carbocycles. The van der Waals surface area contributed by atoms with Crippen molar-refractivity contribution in [3.8, 4) is 0 Å². The molecule has 1 heterocycles. The molecule has 0 aliphatic carbocycles. The lowest BCUT2D eigenvalue weighted by Gasteiger charge is -2.18. The first-order valence-corrected chi connectivity index (χ1v) is 9.82. The van der Waals surface area contributed by atoms with Crippen molar-refractivity contribution in [3.05, 3.63) is 29.8 Å². The molecule has 0 bridgehead atoms. The Morgan fingerprint density at radius 1 is 1.28 bits per heavy atom. The number of benzene rings is 1. The van der Waals surface area contributed by atoms with E-state index in [0.717, 1.165) is 6.42 Å². The van der Waals surface area contributed by atoms with Gasteiger partial charge in [-0.1, -0.05) is 6.92 Å². The van der Waals surface area contributed by atoms with Crippen molar-refractivity contribution in [1.29, 1.82) is 0 Å². The first kappa shape index (κ1) is 19.4. The van der Waals surface area contributed by atoms with Gasteiger partial charge in [-0.3, -0.25) is 9.59 Å². The smallest absolute Gasteiger partial charge is 0.253 e. The highest BCUT2D eigenvalue weighted by atomic mass is 32.2. The molecule has 138 valence electrons. The van der Waals surface area contributed by atoms with Crippen molar-refractivity contribution in [2.24, 2.45) is 5.92 Å². The summed E-state index contributed by atoms with van der Waals surface area (Å²) in [6.07, 6.45) is 1.37. The molecule has 25 heavy (non-hydrogen) atoms. The van der Waals surface area contributed by atoms with E-state index in [9.17, 15) is 18.0 Å². The van der Waals surface area contributed by atoms with Gasteiger partial charge >= 0.3 is 0 Å². The van der Waals surface area contributed by atoms with Crippen LogP contribution in [0.1, 0.15) is 30.1 Å². The van der Waals surface area contributed by atoms with E-state index >= 15 is 0 Å². The lowest BCUT2D eigenvalue weighted by Crippen LogP contribution is -2.33. The van der Waals surface area contributed by atoms with Crippen LogP contribution in [-0.2, 0) is 14.8 Å². The molecule has 7 nitrogen and oxygen atoms in total. The highest BCUT2D eigenvalue weighted by Gasteiger charge is 2.31. The highest BCUT2D eigenvalue weighted by Crippen LogP contribution is 2.21. The van der Waals surface area contributed by atoms with Crippen LogP contribution in [-0.4, -0.2) is 63.2 Å². The molecule has 2 rings (SSSR count). The first-order valence-electron chi connectivity index (χ1n) is 8.38. The predicted molar refractivity (Wildman–Crippen MR) is 94.6 cm³/mol. The fourth-order valence-electron chi connectivity index (χ4n) is 2.93. The molecule has 0 radical (unpaired) electrons. The molecule has 1 aliphatic rings. The molecule has 8 heteroatoms. The molecule has 0 spiro atoms. The lowest BCUT2D eigenvalue weighted by molar-refractivity contribution is -0.124. The number of nitrogens with zero attached hydrogens (tertiary/aromatic N) is 2. The van der Waals surface area contributed by atoms with Gasteiger partial charge in [-0.15, -0.1) is 0 Å². The normalized spacial score (nSPS) is 17.8. The maximum absolute atomic E-state index is 12.5. The van der Waals surface area contributed by atoms with Crippen LogP contribution in [0.5, 0.6) is 0 Å². The first-order chi connectivity index (χ1) is 11.8. The summed E-state index contributed by atoms with van der Waals surface area (Å²) in [6, 6.07) is 5.98.